The lowest BCUT2D eigenvalue weighted by Gasteiger charge is -2.16. The summed E-state index contributed by atoms with van der Waals surface area (Å²) in [6.07, 6.45) is 2.33. The molecule has 1 aromatic rings. The molecule has 0 heterocycles. The van der Waals surface area contributed by atoms with E-state index in [1.54, 1.807) is 12.1 Å². The molecule has 0 saturated heterocycles. The van der Waals surface area contributed by atoms with Crippen LogP contribution in [0.2, 0.25) is 10.0 Å². The van der Waals surface area contributed by atoms with Gasteiger partial charge in [0.2, 0.25) is 0 Å². The first-order chi connectivity index (χ1) is 9.99. The second-order valence-electron chi connectivity index (χ2n) is 4.97. The number of nitrogens with two attached hydrogens (primary N) is 1. The molecule has 0 atom stereocenters. The smallest absolute Gasteiger partial charge is 0.251 e. The van der Waals surface area contributed by atoms with Crippen molar-refractivity contribution in [1.82, 2.24) is 10.2 Å². The van der Waals surface area contributed by atoms with Crippen molar-refractivity contribution in [3.8, 4) is 0 Å². The molecule has 1 aliphatic carbocycles. The molecule has 22 heavy (non-hydrogen) atoms. The molecule has 1 saturated carbocycles. The maximum absolute atomic E-state index is 11.9. The summed E-state index contributed by atoms with van der Waals surface area (Å²) < 4.78 is 0. The van der Waals surface area contributed by atoms with E-state index in [1.807, 2.05) is 11.9 Å². The van der Waals surface area contributed by atoms with Crippen molar-refractivity contribution in [2.45, 2.75) is 18.9 Å². The van der Waals surface area contributed by atoms with E-state index in [-0.39, 0.29) is 29.9 Å². The normalized spacial score (nSPS) is 14.2. The molecule has 0 aliphatic heterocycles. The van der Waals surface area contributed by atoms with Crippen LogP contribution in [0.1, 0.15) is 23.2 Å². The molecule has 1 amide bonds. The Hall–Kier alpha value is -0.730. The Morgan fingerprint density at radius 3 is 2.68 bits per heavy atom. The Morgan fingerprint density at radius 2 is 2.09 bits per heavy atom. The quantitative estimate of drug-likeness (QED) is 0.309. The van der Waals surface area contributed by atoms with E-state index in [9.17, 15) is 4.79 Å². The summed E-state index contributed by atoms with van der Waals surface area (Å²) in [5.74, 6) is 0.305. The van der Waals surface area contributed by atoms with Gasteiger partial charge >= 0.3 is 0 Å². The first-order valence-electron chi connectivity index (χ1n) is 6.75. The zero-order valence-corrected chi connectivity index (χ0v) is 16.0. The summed E-state index contributed by atoms with van der Waals surface area (Å²) in [5, 5.41) is 3.55. The minimum atomic E-state index is -0.210. The van der Waals surface area contributed by atoms with Crippen LogP contribution >= 0.6 is 47.2 Å². The van der Waals surface area contributed by atoms with E-state index in [1.165, 1.54) is 18.9 Å². The van der Waals surface area contributed by atoms with Gasteiger partial charge in [0.1, 0.15) is 0 Å². The molecular formula is C14H19Cl2IN4O. The highest BCUT2D eigenvalue weighted by molar-refractivity contribution is 14.0. The van der Waals surface area contributed by atoms with Crippen LogP contribution in [0, 0.1) is 0 Å². The number of guanidine groups is 1. The van der Waals surface area contributed by atoms with Crippen LogP contribution < -0.4 is 11.1 Å². The van der Waals surface area contributed by atoms with E-state index < -0.39 is 0 Å². The van der Waals surface area contributed by atoms with Gasteiger partial charge in [-0.15, -0.1) is 24.0 Å². The van der Waals surface area contributed by atoms with Gasteiger partial charge in [0.25, 0.3) is 5.91 Å². The Morgan fingerprint density at radius 1 is 1.41 bits per heavy atom. The zero-order chi connectivity index (χ0) is 15.4. The maximum Gasteiger partial charge on any atom is 0.251 e. The van der Waals surface area contributed by atoms with Crippen molar-refractivity contribution in [2.75, 3.05) is 20.1 Å². The fourth-order valence-corrected chi connectivity index (χ4v) is 2.14. The minimum Gasteiger partial charge on any atom is -0.370 e. The van der Waals surface area contributed by atoms with Gasteiger partial charge in [-0.2, -0.15) is 0 Å². The largest absolute Gasteiger partial charge is 0.370 e. The number of carbonyl (C=O) groups is 1. The van der Waals surface area contributed by atoms with Gasteiger partial charge in [-0.05, 0) is 31.0 Å². The summed E-state index contributed by atoms with van der Waals surface area (Å²) in [6.45, 7) is 0.855. The number of aliphatic imine (C=N–C) groups is 1. The molecule has 1 fully saturated rings. The zero-order valence-electron chi connectivity index (χ0n) is 12.2. The number of nitrogens with zero attached hydrogens (tertiary/aromatic N) is 2. The summed E-state index contributed by atoms with van der Waals surface area (Å²) >= 11 is 11.7. The lowest BCUT2D eigenvalue weighted by molar-refractivity contribution is 0.0955. The number of hydrogen-bond donors (Lipinski definition) is 2. The fraction of sp³-hybridized carbons (Fsp3) is 0.429. The van der Waals surface area contributed by atoms with Gasteiger partial charge in [0, 0.05) is 25.2 Å². The van der Waals surface area contributed by atoms with Crippen LogP contribution in [0.5, 0.6) is 0 Å². The van der Waals surface area contributed by atoms with E-state index >= 15 is 0 Å². The van der Waals surface area contributed by atoms with Crippen LogP contribution in [-0.2, 0) is 0 Å². The number of benzene rings is 1. The van der Waals surface area contributed by atoms with Gasteiger partial charge in [-0.3, -0.25) is 9.79 Å². The van der Waals surface area contributed by atoms with Crippen LogP contribution in [0.4, 0.5) is 0 Å². The first-order valence-corrected chi connectivity index (χ1v) is 7.50. The second kappa shape index (κ2) is 8.79. The minimum absolute atomic E-state index is 0. The molecule has 0 unspecified atom stereocenters. The molecule has 0 bridgehead atoms. The lowest BCUT2D eigenvalue weighted by atomic mass is 10.2. The molecule has 0 spiro atoms. The average molecular weight is 457 g/mol. The molecule has 122 valence electrons. The van der Waals surface area contributed by atoms with Crippen molar-refractivity contribution in [2.24, 2.45) is 10.7 Å². The van der Waals surface area contributed by atoms with Crippen molar-refractivity contribution in [1.29, 1.82) is 0 Å². The lowest BCUT2D eigenvalue weighted by Crippen LogP contribution is -2.36. The van der Waals surface area contributed by atoms with Crippen LogP contribution in [-0.4, -0.2) is 42.9 Å². The summed E-state index contributed by atoms with van der Waals surface area (Å²) in [6, 6.07) is 5.29. The number of amides is 1. The molecule has 1 aliphatic rings. The van der Waals surface area contributed by atoms with E-state index in [0.717, 1.165) is 0 Å². The van der Waals surface area contributed by atoms with Crippen molar-refractivity contribution >= 4 is 59.0 Å². The predicted molar refractivity (Wildman–Crippen MR) is 101 cm³/mol. The Kier molecular flexibility index (Phi) is 7.71. The van der Waals surface area contributed by atoms with Gasteiger partial charge in [-0.25, -0.2) is 0 Å². The number of rotatable bonds is 5. The average Bonchev–Trinajstić information content (AvgIpc) is 3.29. The molecule has 2 rings (SSSR count). The van der Waals surface area contributed by atoms with E-state index in [4.69, 9.17) is 28.9 Å². The second-order valence-corrected chi connectivity index (χ2v) is 5.78. The van der Waals surface area contributed by atoms with E-state index in [2.05, 4.69) is 10.3 Å². The summed E-state index contributed by atoms with van der Waals surface area (Å²) in [7, 11) is 1.94. The van der Waals surface area contributed by atoms with Crippen LogP contribution in [0.25, 0.3) is 0 Å². The Balaban J connectivity index is 0.00000242. The summed E-state index contributed by atoms with van der Waals surface area (Å²) in [4.78, 5) is 18.1. The van der Waals surface area contributed by atoms with Gasteiger partial charge in [0.15, 0.2) is 5.96 Å². The van der Waals surface area contributed by atoms with Gasteiger partial charge < -0.3 is 16.0 Å². The molecule has 1 aromatic carbocycles. The molecular weight excluding hydrogens is 438 g/mol. The van der Waals surface area contributed by atoms with Gasteiger partial charge in [-0.1, -0.05) is 23.2 Å². The number of carbonyl (C=O) groups excluding carboxylic acids is 1. The van der Waals surface area contributed by atoms with Crippen molar-refractivity contribution < 1.29 is 4.79 Å². The van der Waals surface area contributed by atoms with Crippen LogP contribution in [0.3, 0.4) is 0 Å². The molecule has 5 nitrogen and oxygen atoms in total. The highest BCUT2D eigenvalue weighted by atomic mass is 127. The highest BCUT2D eigenvalue weighted by Gasteiger charge is 2.27. The Labute approximate surface area is 157 Å². The third-order valence-corrected chi connectivity index (χ3v) is 4.05. The standard InChI is InChI=1S/C14H18Cl2N4O.HI/c1-20(10-3-4-10)14(17)19-7-6-18-13(21)9-2-5-11(15)12(16)8-9;/h2,5,8,10H,3-4,6-7H2,1H3,(H2,17,19)(H,18,21);1H. The third kappa shape index (κ3) is 5.48. The third-order valence-electron chi connectivity index (χ3n) is 3.31. The Bertz CT molecular complexity index is 564. The predicted octanol–water partition coefficient (Wildman–Crippen LogP) is 2.75. The van der Waals surface area contributed by atoms with E-state index in [0.29, 0.717) is 40.7 Å². The topological polar surface area (TPSA) is 70.7 Å². The molecule has 8 heteroatoms. The van der Waals surface area contributed by atoms with Crippen molar-refractivity contribution in [3.05, 3.63) is 33.8 Å². The number of hydrogen-bond acceptors (Lipinski definition) is 2. The number of nitrogens with one attached hydrogen (secondary N) is 1. The molecule has 3 N–H and O–H groups in total. The molecule has 0 aromatic heterocycles. The fourth-order valence-electron chi connectivity index (χ4n) is 1.84. The van der Waals surface area contributed by atoms with Crippen LogP contribution in [0.15, 0.2) is 23.2 Å². The first kappa shape index (κ1) is 19.3. The molecule has 0 radical (unpaired) electrons. The highest BCUT2D eigenvalue weighted by Crippen LogP contribution is 2.24. The number of halogens is 3. The SMILES string of the molecule is CN(C(N)=NCCNC(=O)c1ccc(Cl)c(Cl)c1)C1CC1.I. The summed E-state index contributed by atoms with van der Waals surface area (Å²) in [5.41, 5.74) is 6.32. The maximum atomic E-state index is 11.9. The van der Waals surface area contributed by atoms with Gasteiger partial charge in [0.05, 0.1) is 16.6 Å². The van der Waals surface area contributed by atoms with Crippen molar-refractivity contribution in [3.63, 3.8) is 0 Å². The monoisotopic (exact) mass is 456 g/mol.